The van der Waals surface area contributed by atoms with Crippen LogP contribution in [0.3, 0.4) is 0 Å². The summed E-state index contributed by atoms with van der Waals surface area (Å²) in [5.41, 5.74) is 2.95. The van der Waals surface area contributed by atoms with Gasteiger partial charge in [-0.1, -0.05) is 66.7 Å². The summed E-state index contributed by atoms with van der Waals surface area (Å²) in [4.78, 5) is 28.9. The van der Waals surface area contributed by atoms with Crippen LogP contribution in [0.25, 0.3) is 33.2 Å². The fourth-order valence-electron chi connectivity index (χ4n) is 3.91. The van der Waals surface area contributed by atoms with Crippen molar-refractivity contribution in [1.29, 1.82) is 5.26 Å². The summed E-state index contributed by atoms with van der Waals surface area (Å²) >= 11 is 0. The Morgan fingerprint density at radius 2 is 1.59 bits per heavy atom. The van der Waals surface area contributed by atoms with E-state index in [-0.39, 0.29) is 30.7 Å². The lowest BCUT2D eigenvalue weighted by Crippen LogP contribution is -2.10. The van der Waals surface area contributed by atoms with Crippen molar-refractivity contribution in [1.82, 2.24) is 4.98 Å². The van der Waals surface area contributed by atoms with Crippen molar-refractivity contribution < 1.29 is 19.4 Å². The molecule has 4 rings (SSSR count). The zero-order valence-electron chi connectivity index (χ0n) is 18.6. The predicted octanol–water partition coefficient (Wildman–Crippen LogP) is 5.67. The van der Waals surface area contributed by atoms with Gasteiger partial charge in [0.25, 0.3) is 0 Å². The van der Waals surface area contributed by atoms with Gasteiger partial charge in [0.1, 0.15) is 11.8 Å². The van der Waals surface area contributed by atoms with Crippen LogP contribution >= 0.6 is 0 Å². The summed E-state index contributed by atoms with van der Waals surface area (Å²) in [7, 11) is 0. The number of aromatic hydroxyl groups is 1. The maximum absolute atomic E-state index is 12.8. The maximum atomic E-state index is 12.8. The van der Waals surface area contributed by atoms with Crippen LogP contribution in [-0.4, -0.2) is 28.4 Å². The van der Waals surface area contributed by atoms with Crippen LogP contribution < -0.4 is 0 Å². The molecule has 0 bridgehead atoms. The van der Waals surface area contributed by atoms with Gasteiger partial charge in [0, 0.05) is 12.0 Å². The van der Waals surface area contributed by atoms with E-state index in [1.54, 1.807) is 6.92 Å². The molecule has 1 aromatic heterocycles. The number of carbonyl (C=O) groups is 2. The second-order valence-corrected chi connectivity index (χ2v) is 7.66. The number of pyridine rings is 1. The van der Waals surface area contributed by atoms with E-state index in [1.807, 2.05) is 72.8 Å². The average Bonchev–Trinajstić information content (AvgIpc) is 2.87. The van der Waals surface area contributed by atoms with Crippen LogP contribution in [0.4, 0.5) is 0 Å². The van der Waals surface area contributed by atoms with Gasteiger partial charge in [-0.3, -0.25) is 9.59 Å². The summed E-state index contributed by atoms with van der Waals surface area (Å²) < 4.78 is 4.87. The third-order valence-electron chi connectivity index (χ3n) is 5.52. The summed E-state index contributed by atoms with van der Waals surface area (Å²) in [5, 5.41) is 21.9. The first kappa shape index (κ1) is 22.7. The van der Waals surface area contributed by atoms with Crippen molar-refractivity contribution in [3.63, 3.8) is 0 Å². The minimum absolute atomic E-state index is 0.0549. The molecular weight excluding hydrogens is 428 g/mol. The molecule has 6 heteroatoms. The van der Waals surface area contributed by atoms with Gasteiger partial charge < -0.3 is 9.84 Å². The van der Waals surface area contributed by atoms with Crippen LogP contribution in [-0.2, 0) is 9.53 Å². The highest BCUT2D eigenvalue weighted by Gasteiger charge is 2.21. The Hall–Kier alpha value is -4.50. The molecule has 0 saturated carbocycles. The highest BCUT2D eigenvalue weighted by atomic mass is 16.5. The molecule has 1 heterocycles. The molecule has 168 valence electrons. The number of rotatable bonds is 7. The molecule has 0 atom stereocenters. The van der Waals surface area contributed by atoms with E-state index >= 15 is 0 Å². The standard InChI is InChI=1S/C28H22N2O4/c1-2-34-26(32)15-14-25(31)27-28(33)19(17-29)16-24(30-27)23-13-12-20(18-8-4-3-5-9-18)21-10-6-7-11-22(21)23/h3-13,16,33H,2,14-15H2,1H3. The van der Waals surface area contributed by atoms with E-state index in [0.717, 1.165) is 27.5 Å². The van der Waals surface area contributed by atoms with E-state index < -0.39 is 17.5 Å². The van der Waals surface area contributed by atoms with Gasteiger partial charge in [-0.05, 0) is 34.9 Å². The summed E-state index contributed by atoms with van der Waals surface area (Å²) in [5.74, 6) is -1.52. The molecule has 0 unspecified atom stereocenters. The molecule has 0 fully saturated rings. The smallest absolute Gasteiger partial charge is 0.306 e. The molecule has 0 aliphatic carbocycles. The van der Waals surface area contributed by atoms with Crippen LogP contribution in [0.5, 0.6) is 5.75 Å². The fourth-order valence-corrected chi connectivity index (χ4v) is 3.91. The normalized spacial score (nSPS) is 10.6. The molecule has 34 heavy (non-hydrogen) atoms. The van der Waals surface area contributed by atoms with Crippen molar-refractivity contribution in [3.05, 3.63) is 84.1 Å². The Labute approximate surface area is 197 Å². The fraction of sp³-hybridized carbons (Fsp3) is 0.143. The second-order valence-electron chi connectivity index (χ2n) is 7.66. The number of ketones is 1. The molecule has 0 aliphatic rings. The van der Waals surface area contributed by atoms with Crippen LogP contribution in [0.1, 0.15) is 35.8 Å². The van der Waals surface area contributed by atoms with Crippen LogP contribution in [0.2, 0.25) is 0 Å². The van der Waals surface area contributed by atoms with Crippen molar-refractivity contribution in [2.24, 2.45) is 0 Å². The number of carbonyl (C=O) groups excluding carboxylic acids is 2. The first-order chi connectivity index (χ1) is 16.5. The topological polar surface area (TPSA) is 100 Å². The van der Waals surface area contributed by atoms with Crippen LogP contribution in [0, 0.1) is 11.3 Å². The Bertz CT molecular complexity index is 1420. The Balaban J connectivity index is 1.81. The van der Waals surface area contributed by atoms with Crippen molar-refractivity contribution >= 4 is 22.5 Å². The molecule has 0 saturated heterocycles. The number of nitrogens with zero attached hydrogens (tertiary/aromatic N) is 2. The molecule has 0 amide bonds. The Kier molecular flexibility index (Phi) is 6.65. The number of hydrogen-bond acceptors (Lipinski definition) is 6. The van der Waals surface area contributed by atoms with E-state index in [9.17, 15) is 20.0 Å². The minimum Gasteiger partial charge on any atom is -0.504 e. The third kappa shape index (κ3) is 4.50. The molecule has 0 spiro atoms. The summed E-state index contributed by atoms with van der Waals surface area (Å²) in [6.45, 7) is 1.90. The molecule has 3 aromatic carbocycles. The highest BCUT2D eigenvalue weighted by molar-refractivity contribution is 6.05. The van der Waals surface area contributed by atoms with Gasteiger partial charge in [0.2, 0.25) is 0 Å². The number of esters is 1. The molecule has 6 nitrogen and oxygen atoms in total. The monoisotopic (exact) mass is 450 g/mol. The molecule has 0 aliphatic heterocycles. The van der Waals surface area contributed by atoms with Gasteiger partial charge in [0.15, 0.2) is 11.5 Å². The molecule has 1 N–H and O–H groups in total. The number of Topliss-reactive ketones (excluding diaryl/α,β-unsaturated/α-hetero) is 1. The maximum Gasteiger partial charge on any atom is 0.306 e. The largest absolute Gasteiger partial charge is 0.504 e. The molecular formula is C28H22N2O4. The van der Waals surface area contributed by atoms with Gasteiger partial charge in [-0.15, -0.1) is 0 Å². The Morgan fingerprint density at radius 1 is 0.941 bits per heavy atom. The first-order valence-corrected chi connectivity index (χ1v) is 10.9. The van der Waals surface area contributed by atoms with Crippen molar-refractivity contribution in [2.75, 3.05) is 6.61 Å². The SMILES string of the molecule is CCOC(=O)CCC(=O)c1nc(-c2ccc(-c3ccccc3)c3ccccc23)cc(C#N)c1O. The van der Waals surface area contributed by atoms with E-state index in [1.165, 1.54) is 6.07 Å². The number of fused-ring (bicyclic) bond motifs is 1. The average molecular weight is 450 g/mol. The minimum atomic E-state index is -0.533. The quantitative estimate of drug-likeness (QED) is 0.287. The van der Waals surface area contributed by atoms with E-state index in [2.05, 4.69) is 4.98 Å². The Morgan fingerprint density at radius 3 is 2.26 bits per heavy atom. The van der Waals surface area contributed by atoms with Crippen molar-refractivity contribution in [2.45, 2.75) is 19.8 Å². The van der Waals surface area contributed by atoms with Gasteiger partial charge >= 0.3 is 5.97 Å². The number of aromatic nitrogens is 1. The van der Waals surface area contributed by atoms with Crippen LogP contribution in [0.15, 0.2) is 72.8 Å². The van der Waals surface area contributed by atoms with Crippen molar-refractivity contribution in [3.8, 4) is 34.2 Å². The van der Waals surface area contributed by atoms with Gasteiger partial charge in [-0.25, -0.2) is 4.98 Å². The zero-order valence-corrected chi connectivity index (χ0v) is 18.6. The molecule has 0 radical (unpaired) electrons. The molecule has 4 aromatic rings. The number of hydrogen-bond donors (Lipinski definition) is 1. The third-order valence-corrected chi connectivity index (χ3v) is 5.52. The number of ether oxygens (including phenoxy) is 1. The highest BCUT2D eigenvalue weighted by Crippen LogP contribution is 2.36. The summed E-state index contributed by atoms with van der Waals surface area (Å²) in [6.07, 6.45) is -0.310. The lowest BCUT2D eigenvalue weighted by Gasteiger charge is -2.13. The number of nitriles is 1. The van der Waals surface area contributed by atoms with Gasteiger partial charge in [0.05, 0.1) is 24.3 Å². The van der Waals surface area contributed by atoms with Gasteiger partial charge in [-0.2, -0.15) is 5.26 Å². The lowest BCUT2D eigenvalue weighted by atomic mass is 9.93. The number of benzene rings is 3. The first-order valence-electron chi connectivity index (χ1n) is 10.9. The summed E-state index contributed by atoms with van der Waals surface area (Å²) in [6, 6.07) is 25.1. The lowest BCUT2D eigenvalue weighted by molar-refractivity contribution is -0.143. The predicted molar refractivity (Wildman–Crippen MR) is 129 cm³/mol. The second kappa shape index (κ2) is 9.97. The zero-order chi connectivity index (χ0) is 24.1. The van der Waals surface area contributed by atoms with E-state index in [4.69, 9.17) is 4.74 Å². The van der Waals surface area contributed by atoms with E-state index in [0.29, 0.717) is 5.69 Å².